The molecule has 0 radical (unpaired) electrons. The van der Waals surface area contributed by atoms with Crippen molar-refractivity contribution in [1.82, 2.24) is 4.72 Å². The van der Waals surface area contributed by atoms with E-state index in [4.69, 9.17) is 4.74 Å². The maximum absolute atomic E-state index is 11.7. The molecule has 0 saturated carbocycles. The number of esters is 1. The lowest BCUT2D eigenvalue weighted by molar-refractivity contribution is -0.147. The summed E-state index contributed by atoms with van der Waals surface area (Å²) >= 11 is 0. The van der Waals surface area contributed by atoms with Crippen LogP contribution in [0, 0.1) is 5.41 Å². The van der Waals surface area contributed by atoms with E-state index >= 15 is 0 Å². The van der Waals surface area contributed by atoms with E-state index in [1.165, 1.54) is 0 Å². The molecule has 0 aromatic rings. The lowest BCUT2D eigenvalue weighted by atomic mass is 9.87. The minimum atomic E-state index is -1.22. The predicted molar refractivity (Wildman–Crippen MR) is 66.3 cm³/mol. The lowest BCUT2D eigenvalue weighted by Gasteiger charge is -2.29. The minimum absolute atomic E-state index is 0.0284. The predicted octanol–water partition coefficient (Wildman–Crippen LogP) is 1.63. The van der Waals surface area contributed by atoms with E-state index < -0.39 is 17.0 Å². The Morgan fingerprint density at radius 3 is 2.19 bits per heavy atom. The highest BCUT2D eigenvalue weighted by atomic mass is 32.2. The van der Waals surface area contributed by atoms with Gasteiger partial charge in [-0.1, -0.05) is 20.8 Å². The van der Waals surface area contributed by atoms with Crippen LogP contribution in [0.4, 0.5) is 0 Å². The van der Waals surface area contributed by atoms with Gasteiger partial charge in [0.15, 0.2) is 0 Å². The highest BCUT2D eigenvalue weighted by Crippen LogP contribution is 2.21. The second-order valence-corrected chi connectivity index (χ2v) is 6.79. The van der Waals surface area contributed by atoms with Crippen molar-refractivity contribution >= 4 is 17.0 Å². The van der Waals surface area contributed by atoms with Crippen LogP contribution in [0.15, 0.2) is 0 Å². The van der Waals surface area contributed by atoms with Gasteiger partial charge in [0.2, 0.25) is 0 Å². The molecule has 4 nitrogen and oxygen atoms in total. The zero-order valence-electron chi connectivity index (χ0n) is 11.0. The Hall–Kier alpha value is -0.420. The van der Waals surface area contributed by atoms with Gasteiger partial charge in [-0.05, 0) is 26.2 Å². The van der Waals surface area contributed by atoms with E-state index in [1.807, 2.05) is 34.6 Å². The van der Waals surface area contributed by atoms with Gasteiger partial charge in [-0.2, -0.15) is 0 Å². The van der Waals surface area contributed by atoms with E-state index in [2.05, 4.69) is 4.72 Å². The topological polar surface area (TPSA) is 55.4 Å². The average molecular weight is 249 g/mol. The molecule has 0 bridgehead atoms. The lowest BCUT2D eigenvalue weighted by Crippen LogP contribution is -2.49. The maximum atomic E-state index is 11.7. The summed E-state index contributed by atoms with van der Waals surface area (Å²) in [5.41, 5.74) is -0.323. The minimum Gasteiger partial charge on any atom is -0.465 e. The Morgan fingerprint density at radius 1 is 1.38 bits per heavy atom. The van der Waals surface area contributed by atoms with E-state index in [0.29, 0.717) is 6.61 Å². The zero-order valence-corrected chi connectivity index (χ0v) is 11.8. The summed E-state index contributed by atoms with van der Waals surface area (Å²) in [6, 6.07) is -0.546. The van der Waals surface area contributed by atoms with E-state index in [9.17, 15) is 9.00 Å². The van der Waals surface area contributed by atoms with E-state index in [-0.39, 0.29) is 16.6 Å². The van der Waals surface area contributed by atoms with Crippen LogP contribution in [0.3, 0.4) is 0 Å². The third kappa shape index (κ3) is 5.07. The van der Waals surface area contributed by atoms with Crippen molar-refractivity contribution in [3.63, 3.8) is 0 Å². The molecule has 0 spiro atoms. The fraction of sp³-hybridized carbons (Fsp3) is 0.909. The molecule has 0 aliphatic heterocycles. The summed E-state index contributed by atoms with van der Waals surface area (Å²) in [5.74, 6) is -0.344. The first kappa shape index (κ1) is 15.6. The van der Waals surface area contributed by atoms with Gasteiger partial charge in [-0.25, -0.2) is 8.93 Å². The number of carbonyl (C=O) groups excluding carboxylic acids is 1. The summed E-state index contributed by atoms with van der Waals surface area (Å²) in [4.78, 5) is 11.7. The third-order valence-electron chi connectivity index (χ3n) is 2.05. The van der Waals surface area contributed by atoms with Crippen molar-refractivity contribution in [3.05, 3.63) is 0 Å². The zero-order chi connectivity index (χ0) is 12.9. The molecule has 96 valence electrons. The first-order valence-electron chi connectivity index (χ1n) is 5.53. The summed E-state index contributed by atoms with van der Waals surface area (Å²) in [6.45, 7) is 11.5. The highest BCUT2D eigenvalue weighted by Gasteiger charge is 2.34. The first-order chi connectivity index (χ1) is 7.20. The van der Waals surface area contributed by atoms with E-state index in [0.717, 1.165) is 0 Å². The summed E-state index contributed by atoms with van der Waals surface area (Å²) in [6.07, 6.45) is 0. The molecule has 16 heavy (non-hydrogen) atoms. The molecule has 5 heteroatoms. The second kappa shape index (κ2) is 6.35. The van der Waals surface area contributed by atoms with Crippen molar-refractivity contribution in [2.45, 2.75) is 52.8 Å². The van der Waals surface area contributed by atoms with Crippen LogP contribution < -0.4 is 4.72 Å². The Balaban J connectivity index is 4.70. The Bertz CT molecular complexity index is 258. The van der Waals surface area contributed by atoms with Gasteiger partial charge >= 0.3 is 5.97 Å². The largest absolute Gasteiger partial charge is 0.465 e. The third-order valence-corrected chi connectivity index (χ3v) is 3.37. The molecule has 0 rings (SSSR count). The standard InChI is InChI=1S/C11H23NO3S/c1-7-15-10(13)9(11(4,5)6)12-16(14)8(2)3/h8-9,12H,7H2,1-6H3. The summed E-state index contributed by atoms with van der Waals surface area (Å²) < 4.78 is 19.5. The van der Waals surface area contributed by atoms with E-state index in [1.54, 1.807) is 6.92 Å². The fourth-order valence-corrected chi connectivity index (χ4v) is 2.01. The molecule has 0 aromatic carbocycles. The number of carbonyl (C=O) groups is 1. The molecule has 0 amide bonds. The molecular weight excluding hydrogens is 226 g/mol. The normalized spacial score (nSPS) is 15.9. The number of rotatable bonds is 5. The molecule has 0 aromatic heterocycles. The van der Waals surface area contributed by atoms with Gasteiger partial charge in [-0.3, -0.25) is 4.79 Å². The molecule has 2 unspecified atom stereocenters. The number of ether oxygens (including phenoxy) is 1. The first-order valence-corrected chi connectivity index (χ1v) is 6.74. The maximum Gasteiger partial charge on any atom is 0.324 e. The van der Waals surface area contributed by atoms with Crippen molar-refractivity contribution in [1.29, 1.82) is 0 Å². The van der Waals surface area contributed by atoms with Crippen LogP contribution in [-0.2, 0) is 20.5 Å². The Labute approximate surface area is 101 Å². The number of hydrogen-bond acceptors (Lipinski definition) is 3. The molecule has 0 saturated heterocycles. The summed E-state index contributed by atoms with van der Waals surface area (Å²) in [7, 11) is -1.22. The van der Waals surface area contributed by atoms with Crippen LogP contribution in [0.25, 0.3) is 0 Å². The van der Waals surface area contributed by atoms with Crippen LogP contribution in [0.1, 0.15) is 41.5 Å². The molecule has 1 N–H and O–H groups in total. The molecule has 0 fully saturated rings. The van der Waals surface area contributed by atoms with Crippen LogP contribution >= 0.6 is 0 Å². The Kier molecular flexibility index (Phi) is 6.18. The molecule has 0 aliphatic carbocycles. The van der Waals surface area contributed by atoms with Crippen LogP contribution in [0.2, 0.25) is 0 Å². The number of nitrogens with one attached hydrogen (secondary N) is 1. The SMILES string of the molecule is CCOC(=O)C(NS(=O)C(C)C)C(C)(C)C. The molecule has 2 atom stereocenters. The highest BCUT2D eigenvalue weighted by molar-refractivity contribution is 7.83. The smallest absolute Gasteiger partial charge is 0.324 e. The van der Waals surface area contributed by atoms with Crippen molar-refractivity contribution < 1.29 is 13.7 Å². The molecule has 0 heterocycles. The van der Waals surface area contributed by atoms with Gasteiger partial charge in [0.1, 0.15) is 6.04 Å². The average Bonchev–Trinajstić information content (AvgIpc) is 2.11. The molecule has 0 aliphatic rings. The van der Waals surface area contributed by atoms with Crippen molar-refractivity contribution in [2.75, 3.05) is 6.61 Å². The number of hydrogen-bond donors (Lipinski definition) is 1. The quantitative estimate of drug-likeness (QED) is 0.753. The fourth-order valence-electron chi connectivity index (χ4n) is 1.06. The summed E-state index contributed by atoms with van der Waals surface area (Å²) in [5, 5.41) is -0.0284. The second-order valence-electron chi connectivity index (χ2n) is 5.02. The van der Waals surface area contributed by atoms with Crippen LogP contribution in [-0.4, -0.2) is 28.1 Å². The van der Waals surface area contributed by atoms with Gasteiger partial charge < -0.3 is 4.74 Å². The van der Waals surface area contributed by atoms with Crippen molar-refractivity contribution in [2.24, 2.45) is 5.41 Å². The van der Waals surface area contributed by atoms with Gasteiger partial charge in [-0.15, -0.1) is 0 Å². The Morgan fingerprint density at radius 2 is 1.88 bits per heavy atom. The van der Waals surface area contributed by atoms with Gasteiger partial charge in [0.05, 0.1) is 17.6 Å². The molecular formula is C11H23NO3S. The van der Waals surface area contributed by atoms with Crippen LogP contribution in [0.5, 0.6) is 0 Å². The van der Waals surface area contributed by atoms with Gasteiger partial charge in [0, 0.05) is 5.25 Å². The van der Waals surface area contributed by atoms with Crippen molar-refractivity contribution in [3.8, 4) is 0 Å². The van der Waals surface area contributed by atoms with Gasteiger partial charge in [0.25, 0.3) is 0 Å². The monoisotopic (exact) mass is 249 g/mol.